The van der Waals surface area contributed by atoms with Crippen LogP contribution in [0.4, 0.5) is 5.69 Å². The Bertz CT molecular complexity index is 711. The van der Waals surface area contributed by atoms with Gasteiger partial charge in [0.05, 0.1) is 17.2 Å². The number of ether oxygens (including phenoxy) is 1. The van der Waals surface area contributed by atoms with Crippen molar-refractivity contribution in [3.8, 4) is 5.75 Å². The average molecular weight is 318 g/mol. The van der Waals surface area contributed by atoms with Crippen LogP contribution in [0.5, 0.6) is 5.75 Å². The lowest BCUT2D eigenvalue weighted by Gasteiger charge is -2.12. The number of amides is 1. The average Bonchev–Trinajstić information content (AvgIpc) is 3.07. The highest BCUT2D eigenvalue weighted by Crippen LogP contribution is 2.27. The molecule has 8 heteroatoms. The van der Waals surface area contributed by atoms with Crippen molar-refractivity contribution in [2.75, 3.05) is 6.61 Å². The second-order valence-electron chi connectivity index (χ2n) is 4.70. The molecule has 1 amide bonds. The number of carbonyl (C=O) groups excluding carboxylic acids is 2. The molecule has 0 aliphatic rings. The smallest absolute Gasteiger partial charge is 0.311 e. The second-order valence-corrected chi connectivity index (χ2v) is 4.70. The summed E-state index contributed by atoms with van der Waals surface area (Å²) in [6.07, 6.45) is 1.99. The summed E-state index contributed by atoms with van der Waals surface area (Å²) in [5.74, 6) is 0.0451. The minimum atomic E-state index is -0.675. The van der Waals surface area contributed by atoms with E-state index in [1.54, 1.807) is 19.1 Å². The standard InChI is InChI=1S/C15H14N2O6/c1-10(13-3-2-6-22-13)16-15(19)9-23-14-5-4-11(8-18)7-12(14)17(20)21/h2-8,10H,9H2,1H3,(H,16,19)/t10-/m0/s1. The van der Waals surface area contributed by atoms with E-state index in [0.29, 0.717) is 12.0 Å². The lowest BCUT2D eigenvalue weighted by Crippen LogP contribution is -2.31. The van der Waals surface area contributed by atoms with Gasteiger partial charge in [-0.1, -0.05) is 0 Å². The molecular weight excluding hydrogens is 304 g/mol. The number of hydrogen-bond acceptors (Lipinski definition) is 6. The Morgan fingerprint density at radius 3 is 2.87 bits per heavy atom. The van der Waals surface area contributed by atoms with Crippen LogP contribution in [0.3, 0.4) is 0 Å². The van der Waals surface area contributed by atoms with Crippen LogP contribution in [0, 0.1) is 10.1 Å². The quantitative estimate of drug-likeness (QED) is 0.476. The number of nitro groups is 1. The zero-order chi connectivity index (χ0) is 16.8. The third-order valence-corrected chi connectivity index (χ3v) is 3.02. The molecule has 1 atom stereocenters. The van der Waals surface area contributed by atoms with Crippen molar-refractivity contribution in [3.63, 3.8) is 0 Å². The zero-order valence-electron chi connectivity index (χ0n) is 12.2. The van der Waals surface area contributed by atoms with Gasteiger partial charge < -0.3 is 14.5 Å². The lowest BCUT2D eigenvalue weighted by molar-refractivity contribution is -0.385. The van der Waals surface area contributed by atoms with Crippen LogP contribution in [-0.4, -0.2) is 23.7 Å². The largest absolute Gasteiger partial charge is 0.477 e. The van der Waals surface area contributed by atoms with Crippen molar-refractivity contribution >= 4 is 17.9 Å². The molecule has 1 aromatic heterocycles. The molecule has 1 heterocycles. The third kappa shape index (κ3) is 4.16. The van der Waals surface area contributed by atoms with Crippen LogP contribution in [-0.2, 0) is 4.79 Å². The summed E-state index contributed by atoms with van der Waals surface area (Å²) in [4.78, 5) is 32.8. The van der Waals surface area contributed by atoms with Gasteiger partial charge in [-0.2, -0.15) is 0 Å². The molecule has 120 valence electrons. The lowest BCUT2D eigenvalue weighted by atomic mass is 10.2. The van der Waals surface area contributed by atoms with E-state index in [9.17, 15) is 19.7 Å². The first kappa shape index (κ1) is 16.2. The summed E-state index contributed by atoms with van der Waals surface area (Å²) in [6.45, 7) is 1.34. The molecular formula is C15H14N2O6. The first-order valence-corrected chi connectivity index (χ1v) is 6.70. The molecule has 0 radical (unpaired) electrons. The zero-order valence-corrected chi connectivity index (χ0v) is 12.2. The molecule has 23 heavy (non-hydrogen) atoms. The Kier molecular flexibility index (Phi) is 5.08. The van der Waals surface area contributed by atoms with Crippen molar-refractivity contribution in [1.29, 1.82) is 0 Å². The fourth-order valence-corrected chi connectivity index (χ4v) is 1.91. The molecule has 0 unspecified atom stereocenters. The van der Waals surface area contributed by atoms with Gasteiger partial charge in [0.1, 0.15) is 12.0 Å². The maximum atomic E-state index is 11.8. The number of aldehydes is 1. The molecule has 0 saturated carbocycles. The maximum Gasteiger partial charge on any atom is 0.311 e. The van der Waals surface area contributed by atoms with Crippen molar-refractivity contribution < 1.29 is 23.7 Å². The Labute approximate surface area is 131 Å². The summed E-state index contributed by atoms with van der Waals surface area (Å²) in [5.41, 5.74) is -0.221. The number of nitrogens with zero attached hydrogens (tertiary/aromatic N) is 1. The number of carbonyl (C=O) groups is 2. The van der Waals surface area contributed by atoms with Gasteiger partial charge in [-0.15, -0.1) is 0 Å². The van der Waals surface area contributed by atoms with Crippen molar-refractivity contribution in [3.05, 3.63) is 58.0 Å². The molecule has 2 rings (SSSR count). The molecule has 1 aromatic carbocycles. The molecule has 1 N–H and O–H groups in total. The number of furan rings is 1. The van der Waals surface area contributed by atoms with Crippen LogP contribution in [0.2, 0.25) is 0 Å². The maximum absolute atomic E-state index is 11.8. The second kappa shape index (κ2) is 7.21. The molecule has 0 bridgehead atoms. The Morgan fingerprint density at radius 1 is 1.48 bits per heavy atom. The summed E-state index contributed by atoms with van der Waals surface area (Å²) < 4.78 is 10.3. The Morgan fingerprint density at radius 2 is 2.26 bits per heavy atom. The van der Waals surface area contributed by atoms with Gasteiger partial charge >= 0.3 is 5.69 Å². The van der Waals surface area contributed by atoms with E-state index >= 15 is 0 Å². The molecule has 8 nitrogen and oxygen atoms in total. The normalized spacial score (nSPS) is 11.5. The van der Waals surface area contributed by atoms with Gasteiger partial charge in [0.15, 0.2) is 12.4 Å². The van der Waals surface area contributed by atoms with Crippen molar-refractivity contribution in [1.82, 2.24) is 5.32 Å². The van der Waals surface area contributed by atoms with Gasteiger partial charge in [0.25, 0.3) is 5.91 Å². The van der Waals surface area contributed by atoms with E-state index < -0.39 is 17.4 Å². The number of hydrogen-bond donors (Lipinski definition) is 1. The Balaban J connectivity index is 1.98. The van der Waals surface area contributed by atoms with Crippen molar-refractivity contribution in [2.45, 2.75) is 13.0 Å². The van der Waals surface area contributed by atoms with E-state index in [2.05, 4.69) is 5.32 Å². The van der Waals surface area contributed by atoms with E-state index in [1.165, 1.54) is 18.4 Å². The highest BCUT2D eigenvalue weighted by molar-refractivity contribution is 5.79. The van der Waals surface area contributed by atoms with Gasteiger partial charge in [-0.25, -0.2) is 0 Å². The highest BCUT2D eigenvalue weighted by Gasteiger charge is 2.18. The molecule has 0 aliphatic carbocycles. The number of nitrogens with one attached hydrogen (secondary N) is 1. The topological polar surface area (TPSA) is 112 Å². The Hall–Kier alpha value is -3.16. The van der Waals surface area contributed by atoms with Crippen molar-refractivity contribution in [2.24, 2.45) is 0 Å². The van der Waals surface area contributed by atoms with Crippen LogP contribution in [0.15, 0.2) is 41.0 Å². The van der Waals surface area contributed by atoms with E-state index in [1.807, 2.05) is 0 Å². The predicted molar refractivity (Wildman–Crippen MR) is 79.2 cm³/mol. The van der Waals surface area contributed by atoms with Crippen LogP contribution >= 0.6 is 0 Å². The summed E-state index contributed by atoms with van der Waals surface area (Å²) >= 11 is 0. The summed E-state index contributed by atoms with van der Waals surface area (Å²) in [5, 5.41) is 13.6. The highest BCUT2D eigenvalue weighted by atomic mass is 16.6. The predicted octanol–water partition coefficient (Wildman–Crippen LogP) is 2.26. The third-order valence-electron chi connectivity index (χ3n) is 3.02. The fraction of sp³-hybridized carbons (Fsp3) is 0.200. The molecule has 0 fully saturated rings. The minimum absolute atomic E-state index is 0.0820. The van der Waals surface area contributed by atoms with Crippen LogP contribution in [0.1, 0.15) is 29.1 Å². The summed E-state index contributed by atoms with van der Waals surface area (Å²) in [6, 6.07) is 6.81. The minimum Gasteiger partial charge on any atom is -0.477 e. The van der Waals surface area contributed by atoms with E-state index in [0.717, 1.165) is 6.07 Å². The SMILES string of the molecule is C[C@H](NC(=O)COc1ccc(C=O)cc1[N+](=O)[O-])c1ccco1. The van der Waals surface area contributed by atoms with E-state index in [4.69, 9.17) is 9.15 Å². The van der Waals surface area contributed by atoms with Crippen LogP contribution in [0.25, 0.3) is 0 Å². The molecule has 2 aromatic rings. The number of rotatable bonds is 7. The molecule has 0 aliphatic heterocycles. The first-order chi connectivity index (χ1) is 11.0. The van der Waals surface area contributed by atoms with Gasteiger partial charge in [0, 0.05) is 11.6 Å². The van der Waals surface area contributed by atoms with Crippen LogP contribution < -0.4 is 10.1 Å². The van der Waals surface area contributed by atoms with E-state index in [-0.39, 0.29) is 23.0 Å². The monoisotopic (exact) mass is 318 g/mol. The molecule has 0 spiro atoms. The summed E-state index contributed by atoms with van der Waals surface area (Å²) in [7, 11) is 0. The first-order valence-electron chi connectivity index (χ1n) is 6.70. The van der Waals surface area contributed by atoms with Gasteiger partial charge in [-0.05, 0) is 31.2 Å². The number of nitro benzene ring substituents is 1. The fourth-order valence-electron chi connectivity index (χ4n) is 1.91. The number of benzene rings is 1. The molecule has 0 saturated heterocycles. The van der Waals surface area contributed by atoms with Gasteiger partial charge in [0.2, 0.25) is 0 Å². The van der Waals surface area contributed by atoms with Gasteiger partial charge in [-0.3, -0.25) is 19.7 Å².